The number of imidazole rings is 1. The number of thioether (sulfide) groups is 1. The minimum atomic E-state index is 0.322. The second-order valence-corrected chi connectivity index (χ2v) is 7.24. The lowest BCUT2D eigenvalue weighted by Crippen LogP contribution is -2.24. The summed E-state index contributed by atoms with van der Waals surface area (Å²) < 4.78 is 0. The average Bonchev–Trinajstić information content (AvgIpc) is 2.70. The molecule has 0 saturated heterocycles. The van der Waals surface area contributed by atoms with E-state index in [-0.39, 0.29) is 0 Å². The molecule has 0 bridgehead atoms. The molecule has 18 heavy (non-hydrogen) atoms. The van der Waals surface area contributed by atoms with E-state index in [1.807, 2.05) is 30.0 Å². The second-order valence-electron chi connectivity index (χ2n) is 5.59. The number of halogens is 1. The van der Waals surface area contributed by atoms with Crippen molar-refractivity contribution in [3.63, 3.8) is 0 Å². The number of benzene rings is 1. The topological polar surface area (TPSA) is 28.7 Å². The normalized spacial score (nSPS) is 14.0. The lowest BCUT2D eigenvalue weighted by molar-refractivity contribution is 0.295. The number of fused-ring (bicyclic) bond motifs is 1. The first-order valence-electron chi connectivity index (χ1n) is 6.14. The van der Waals surface area contributed by atoms with Gasteiger partial charge in [0.1, 0.15) is 0 Å². The number of nitrogens with one attached hydrogen (secondary N) is 1. The highest BCUT2D eigenvalue weighted by Gasteiger charge is 2.23. The highest BCUT2D eigenvalue weighted by atomic mass is 79.9. The molecule has 1 N–H and O–H groups in total. The van der Waals surface area contributed by atoms with Gasteiger partial charge in [-0.15, -0.1) is 0 Å². The molecule has 2 rings (SSSR count). The number of hydrogen-bond acceptors (Lipinski definition) is 2. The first-order valence-corrected chi connectivity index (χ1v) is 8.25. The molecule has 2 aromatic rings. The van der Waals surface area contributed by atoms with Gasteiger partial charge in [0, 0.05) is 11.1 Å². The molecule has 2 nitrogen and oxygen atoms in total. The molecule has 0 aliphatic rings. The maximum absolute atomic E-state index is 4.59. The Balaban J connectivity index is 2.05. The molecule has 1 unspecified atom stereocenters. The maximum Gasteiger partial charge on any atom is 0.166 e. The van der Waals surface area contributed by atoms with Gasteiger partial charge in [-0.25, -0.2) is 4.98 Å². The molecule has 1 atom stereocenters. The Morgan fingerprint density at radius 2 is 2.06 bits per heavy atom. The van der Waals surface area contributed by atoms with Crippen molar-refractivity contribution < 1.29 is 0 Å². The van der Waals surface area contributed by atoms with Crippen LogP contribution in [0.3, 0.4) is 0 Å². The van der Waals surface area contributed by atoms with E-state index in [0.29, 0.717) is 11.3 Å². The summed E-state index contributed by atoms with van der Waals surface area (Å²) in [5, 5.41) is 2.05. The molecule has 0 radical (unpaired) electrons. The first kappa shape index (κ1) is 13.9. The summed E-state index contributed by atoms with van der Waals surface area (Å²) in [6.07, 6.45) is 0. The molecule has 0 spiro atoms. The molecule has 0 aliphatic carbocycles. The van der Waals surface area contributed by atoms with Crippen molar-refractivity contribution in [2.75, 3.05) is 11.1 Å². The zero-order chi connectivity index (χ0) is 13.2. The highest BCUT2D eigenvalue weighted by Crippen LogP contribution is 2.32. The fraction of sp³-hybridized carbons (Fsp3) is 0.500. The number of rotatable bonds is 4. The second kappa shape index (κ2) is 5.66. The van der Waals surface area contributed by atoms with Crippen molar-refractivity contribution in [1.29, 1.82) is 0 Å². The maximum atomic E-state index is 4.59. The minimum absolute atomic E-state index is 0.322. The van der Waals surface area contributed by atoms with Gasteiger partial charge in [-0.2, -0.15) is 0 Å². The first-order chi connectivity index (χ1) is 8.50. The van der Waals surface area contributed by atoms with E-state index in [0.717, 1.165) is 27.3 Å². The molecular weight excluding hydrogens is 308 g/mol. The Kier molecular flexibility index (Phi) is 4.38. The summed E-state index contributed by atoms with van der Waals surface area (Å²) in [6.45, 7) is 6.87. The predicted molar refractivity (Wildman–Crippen MR) is 83.6 cm³/mol. The highest BCUT2D eigenvalue weighted by molar-refractivity contribution is 9.09. The van der Waals surface area contributed by atoms with E-state index in [9.17, 15) is 0 Å². The molecule has 4 heteroatoms. The number of alkyl halides is 1. The summed E-state index contributed by atoms with van der Waals surface area (Å²) in [5.41, 5.74) is 2.49. The van der Waals surface area contributed by atoms with Crippen molar-refractivity contribution in [1.82, 2.24) is 9.97 Å². The van der Waals surface area contributed by atoms with Gasteiger partial charge in [0.2, 0.25) is 0 Å². The van der Waals surface area contributed by atoms with E-state index in [4.69, 9.17) is 0 Å². The predicted octanol–water partition coefficient (Wildman–Crippen LogP) is 4.71. The number of H-pyrrole nitrogens is 1. The van der Waals surface area contributed by atoms with E-state index in [1.165, 1.54) is 0 Å². The van der Waals surface area contributed by atoms with Gasteiger partial charge >= 0.3 is 0 Å². The standard InChI is InChI=1S/C14H19BrN2S/c1-14(2,3)10(8-15)9-18-13-16-11-6-4-5-7-12(11)17-13/h4-7,10H,8-9H2,1-3H3,(H,16,17). The molecule has 98 valence electrons. The summed E-state index contributed by atoms with van der Waals surface area (Å²) in [5.74, 6) is 1.71. The quantitative estimate of drug-likeness (QED) is 0.651. The van der Waals surface area contributed by atoms with Gasteiger partial charge in [-0.05, 0) is 23.5 Å². The summed E-state index contributed by atoms with van der Waals surface area (Å²) in [4.78, 5) is 7.96. The van der Waals surface area contributed by atoms with Crippen LogP contribution in [-0.4, -0.2) is 21.1 Å². The van der Waals surface area contributed by atoms with Crippen LogP contribution < -0.4 is 0 Å². The average molecular weight is 327 g/mol. The molecule has 0 amide bonds. The largest absolute Gasteiger partial charge is 0.333 e. The Hall–Kier alpha value is -0.480. The van der Waals surface area contributed by atoms with Crippen LogP contribution in [0, 0.1) is 11.3 Å². The lowest BCUT2D eigenvalue weighted by Gasteiger charge is -2.28. The van der Waals surface area contributed by atoms with Crippen molar-refractivity contribution in [2.45, 2.75) is 25.9 Å². The molecule has 1 aromatic carbocycles. The van der Waals surface area contributed by atoms with Crippen molar-refractivity contribution in [3.05, 3.63) is 24.3 Å². The molecule has 1 heterocycles. The molecular formula is C14H19BrN2S. The van der Waals surface area contributed by atoms with Crippen LogP contribution in [-0.2, 0) is 0 Å². The summed E-state index contributed by atoms with van der Waals surface area (Å²) in [6, 6.07) is 8.17. The molecule has 0 saturated carbocycles. The fourth-order valence-corrected chi connectivity index (χ4v) is 4.53. The Morgan fingerprint density at radius 1 is 1.33 bits per heavy atom. The third-order valence-electron chi connectivity index (χ3n) is 3.20. The zero-order valence-corrected chi connectivity index (χ0v) is 13.4. The van der Waals surface area contributed by atoms with E-state index in [2.05, 4.69) is 52.7 Å². The van der Waals surface area contributed by atoms with Crippen LogP contribution in [0.15, 0.2) is 29.4 Å². The van der Waals surface area contributed by atoms with E-state index in [1.54, 1.807) is 0 Å². The van der Waals surface area contributed by atoms with Gasteiger partial charge in [0.25, 0.3) is 0 Å². The van der Waals surface area contributed by atoms with Crippen LogP contribution in [0.4, 0.5) is 0 Å². The number of aromatic nitrogens is 2. The number of hydrogen-bond donors (Lipinski definition) is 1. The third kappa shape index (κ3) is 3.29. The number of para-hydroxylation sites is 2. The number of nitrogens with zero attached hydrogens (tertiary/aromatic N) is 1. The van der Waals surface area contributed by atoms with Crippen LogP contribution in [0.1, 0.15) is 20.8 Å². The molecule has 0 aliphatic heterocycles. The minimum Gasteiger partial charge on any atom is -0.333 e. The molecule has 1 aromatic heterocycles. The van der Waals surface area contributed by atoms with Crippen LogP contribution in [0.2, 0.25) is 0 Å². The monoisotopic (exact) mass is 326 g/mol. The third-order valence-corrected chi connectivity index (χ3v) is 5.02. The SMILES string of the molecule is CC(C)(C)C(CBr)CSc1nc2ccccc2[nH]1. The van der Waals surface area contributed by atoms with E-state index >= 15 is 0 Å². The zero-order valence-electron chi connectivity index (χ0n) is 11.0. The van der Waals surface area contributed by atoms with Crippen molar-refractivity contribution in [2.24, 2.45) is 11.3 Å². The molecule has 0 fully saturated rings. The van der Waals surface area contributed by atoms with Crippen LogP contribution in [0.5, 0.6) is 0 Å². The van der Waals surface area contributed by atoms with Crippen LogP contribution >= 0.6 is 27.7 Å². The Bertz CT molecular complexity index is 483. The van der Waals surface area contributed by atoms with Gasteiger partial charge in [0.15, 0.2) is 5.16 Å². The summed E-state index contributed by atoms with van der Waals surface area (Å²) >= 11 is 5.42. The Morgan fingerprint density at radius 3 is 2.67 bits per heavy atom. The van der Waals surface area contributed by atoms with Crippen molar-refractivity contribution in [3.8, 4) is 0 Å². The van der Waals surface area contributed by atoms with Gasteiger partial charge in [-0.1, -0.05) is 60.6 Å². The van der Waals surface area contributed by atoms with Crippen molar-refractivity contribution >= 4 is 38.7 Å². The Labute approximate surface area is 121 Å². The summed E-state index contributed by atoms with van der Waals surface area (Å²) in [7, 11) is 0. The van der Waals surface area contributed by atoms with Crippen LogP contribution in [0.25, 0.3) is 11.0 Å². The van der Waals surface area contributed by atoms with E-state index < -0.39 is 0 Å². The lowest BCUT2D eigenvalue weighted by atomic mass is 9.83. The smallest absolute Gasteiger partial charge is 0.166 e. The van der Waals surface area contributed by atoms with Gasteiger partial charge < -0.3 is 4.98 Å². The van der Waals surface area contributed by atoms with Gasteiger partial charge in [-0.3, -0.25) is 0 Å². The number of aromatic amines is 1. The van der Waals surface area contributed by atoms with Gasteiger partial charge in [0.05, 0.1) is 11.0 Å². The fourth-order valence-electron chi connectivity index (χ4n) is 1.70.